The molecule has 2 aromatic heterocycles. The number of sulfone groups is 1. The molecule has 2 aromatic rings. The average molecular weight is 308 g/mol. The summed E-state index contributed by atoms with van der Waals surface area (Å²) in [7, 11) is -1.46. The highest BCUT2D eigenvalue weighted by atomic mass is 32.2. The number of aromatic nitrogens is 1. The monoisotopic (exact) mass is 308 g/mol. The van der Waals surface area contributed by atoms with E-state index in [1.54, 1.807) is 27.0 Å². The molecule has 1 atom stereocenters. The molecular weight excluding hydrogens is 288 g/mol. The number of fused-ring (bicyclic) bond motifs is 1. The maximum atomic E-state index is 12.6. The largest absolute Gasteiger partial charge is 0.338 e. The van der Waals surface area contributed by atoms with Gasteiger partial charge in [0, 0.05) is 31.2 Å². The first-order valence-electron chi connectivity index (χ1n) is 6.89. The second-order valence-electron chi connectivity index (χ2n) is 5.19. The summed E-state index contributed by atoms with van der Waals surface area (Å²) in [6, 6.07) is 7.03. The Balaban J connectivity index is 2.23. The first-order chi connectivity index (χ1) is 9.85. The fourth-order valence-electron chi connectivity index (χ4n) is 2.22. The molecule has 0 N–H and O–H groups in total. The van der Waals surface area contributed by atoms with Crippen LogP contribution < -0.4 is 0 Å². The lowest BCUT2D eigenvalue weighted by Crippen LogP contribution is -2.39. The molecule has 0 fully saturated rings. The van der Waals surface area contributed by atoms with Gasteiger partial charge in [0.2, 0.25) is 0 Å². The highest BCUT2D eigenvalue weighted by Gasteiger charge is 2.23. The number of carbonyl (C=O) groups is 1. The number of rotatable bonds is 5. The molecule has 5 nitrogen and oxygen atoms in total. The SMILES string of the molecule is CCS(=O)(=O)CC(C)N(C)C(=O)c1ccn2ccccc12. The van der Waals surface area contributed by atoms with Crippen molar-refractivity contribution < 1.29 is 13.2 Å². The first-order valence-corrected chi connectivity index (χ1v) is 8.71. The van der Waals surface area contributed by atoms with E-state index in [-0.39, 0.29) is 23.5 Å². The third-order valence-electron chi connectivity index (χ3n) is 3.71. The maximum absolute atomic E-state index is 12.6. The first kappa shape index (κ1) is 15.6. The lowest BCUT2D eigenvalue weighted by atomic mass is 10.2. The van der Waals surface area contributed by atoms with Gasteiger partial charge in [-0.1, -0.05) is 13.0 Å². The number of nitrogens with zero attached hydrogens (tertiary/aromatic N) is 2. The molecule has 6 heteroatoms. The highest BCUT2D eigenvalue weighted by molar-refractivity contribution is 7.91. The second kappa shape index (κ2) is 5.89. The van der Waals surface area contributed by atoms with Crippen molar-refractivity contribution in [3.8, 4) is 0 Å². The molecule has 2 heterocycles. The van der Waals surface area contributed by atoms with Crippen molar-refractivity contribution in [3.05, 3.63) is 42.2 Å². The van der Waals surface area contributed by atoms with Crippen LogP contribution in [-0.4, -0.2) is 48.2 Å². The molecule has 0 aromatic carbocycles. The van der Waals surface area contributed by atoms with Crippen molar-refractivity contribution in [2.75, 3.05) is 18.6 Å². The van der Waals surface area contributed by atoms with Gasteiger partial charge in [-0.15, -0.1) is 0 Å². The van der Waals surface area contributed by atoms with E-state index in [4.69, 9.17) is 0 Å². The van der Waals surface area contributed by atoms with E-state index in [1.165, 1.54) is 4.90 Å². The zero-order chi connectivity index (χ0) is 15.6. The zero-order valence-corrected chi connectivity index (χ0v) is 13.3. The van der Waals surface area contributed by atoms with Crippen LogP contribution in [0.3, 0.4) is 0 Å². The van der Waals surface area contributed by atoms with Crippen LogP contribution in [0.5, 0.6) is 0 Å². The average Bonchev–Trinajstić information content (AvgIpc) is 2.89. The summed E-state index contributed by atoms with van der Waals surface area (Å²) < 4.78 is 25.3. The summed E-state index contributed by atoms with van der Waals surface area (Å²) >= 11 is 0. The number of pyridine rings is 1. The Morgan fingerprint density at radius 2 is 2.00 bits per heavy atom. The van der Waals surface area contributed by atoms with E-state index >= 15 is 0 Å². The van der Waals surface area contributed by atoms with Gasteiger partial charge in [0.25, 0.3) is 5.91 Å². The Kier molecular flexibility index (Phi) is 4.37. The molecule has 0 saturated heterocycles. The minimum absolute atomic E-state index is 0.0163. The summed E-state index contributed by atoms with van der Waals surface area (Å²) in [4.78, 5) is 14.0. The number of carbonyl (C=O) groups excluding carboxylic acids is 1. The second-order valence-corrected chi connectivity index (χ2v) is 7.58. The molecule has 1 unspecified atom stereocenters. The van der Waals surface area contributed by atoms with E-state index in [0.717, 1.165) is 5.52 Å². The summed E-state index contributed by atoms with van der Waals surface area (Å²) in [5, 5.41) is 0. The topological polar surface area (TPSA) is 58.9 Å². The van der Waals surface area contributed by atoms with Crippen molar-refractivity contribution >= 4 is 21.3 Å². The molecule has 0 radical (unpaired) electrons. The Bertz CT molecular complexity index is 749. The van der Waals surface area contributed by atoms with Gasteiger partial charge in [-0.25, -0.2) is 8.42 Å². The molecule has 21 heavy (non-hydrogen) atoms. The normalized spacial score (nSPS) is 13.3. The molecule has 0 aliphatic heterocycles. The predicted octanol–water partition coefficient (Wildman–Crippen LogP) is 1.83. The molecule has 1 amide bonds. The molecule has 2 rings (SSSR count). The van der Waals surface area contributed by atoms with Gasteiger partial charge in [0.1, 0.15) is 0 Å². The smallest absolute Gasteiger partial charge is 0.256 e. The van der Waals surface area contributed by atoms with Gasteiger partial charge in [-0.2, -0.15) is 0 Å². The predicted molar refractivity (Wildman–Crippen MR) is 83.3 cm³/mol. The summed E-state index contributed by atoms with van der Waals surface area (Å²) in [6.45, 7) is 3.37. The van der Waals surface area contributed by atoms with Crippen molar-refractivity contribution in [2.24, 2.45) is 0 Å². The van der Waals surface area contributed by atoms with E-state index in [9.17, 15) is 13.2 Å². The van der Waals surface area contributed by atoms with Crippen molar-refractivity contribution in [3.63, 3.8) is 0 Å². The molecular formula is C15H20N2O3S. The quantitative estimate of drug-likeness (QED) is 0.847. The fraction of sp³-hybridized carbons (Fsp3) is 0.400. The van der Waals surface area contributed by atoms with E-state index in [2.05, 4.69) is 0 Å². The summed E-state index contributed by atoms with van der Waals surface area (Å²) in [6.07, 6.45) is 3.70. The molecule has 0 aliphatic carbocycles. The van der Waals surface area contributed by atoms with Crippen LogP contribution in [0, 0.1) is 0 Å². The van der Waals surface area contributed by atoms with Gasteiger partial charge >= 0.3 is 0 Å². The van der Waals surface area contributed by atoms with Crippen LogP contribution in [0.15, 0.2) is 36.7 Å². The van der Waals surface area contributed by atoms with Crippen molar-refractivity contribution in [2.45, 2.75) is 19.9 Å². The highest BCUT2D eigenvalue weighted by Crippen LogP contribution is 2.16. The van der Waals surface area contributed by atoms with Crippen molar-refractivity contribution in [1.82, 2.24) is 9.30 Å². The summed E-state index contributed by atoms with van der Waals surface area (Å²) in [5.41, 5.74) is 1.40. The zero-order valence-electron chi connectivity index (χ0n) is 12.5. The Morgan fingerprint density at radius 1 is 1.29 bits per heavy atom. The van der Waals surface area contributed by atoms with Gasteiger partial charge < -0.3 is 9.30 Å². The van der Waals surface area contributed by atoms with Gasteiger partial charge in [-0.3, -0.25) is 4.79 Å². The maximum Gasteiger partial charge on any atom is 0.256 e. The third kappa shape index (κ3) is 3.26. The standard InChI is InChI=1S/C15H20N2O3S/c1-4-21(19,20)11-12(2)16(3)15(18)13-8-10-17-9-6-5-7-14(13)17/h5-10,12H,4,11H2,1-3H3. The van der Waals surface area contributed by atoms with Gasteiger partial charge in [0.05, 0.1) is 16.8 Å². The number of amides is 1. The molecule has 0 spiro atoms. The molecule has 0 saturated carbocycles. The molecule has 0 bridgehead atoms. The lowest BCUT2D eigenvalue weighted by Gasteiger charge is -2.24. The number of hydrogen-bond donors (Lipinski definition) is 0. The third-order valence-corrected chi connectivity index (χ3v) is 5.58. The lowest BCUT2D eigenvalue weighted by molar-refractivity contribution is 0.0759. The Hall–Kier alpha value is -1.82. The van der Waals surface area contributed by atoms with Crippen LogP contribution >= 0.6 is 0 Å². The van der Waals surface area contributed by atoms with Gasteiger partial charge in [-0.05, 0) is 25.1 Å². The van der Waals surface area contributed by atoms with E-state index in [0.29, 0.717) is 5.56 Å². The molecule has 0 aliphatic rings. The van der Waals surface area contributed by atoms with Crippen LogP contribution in [0.25, 0.3) is 5.52 Å². The minimum atomic E-state index is -3.11. The van der Waals surface area contributed by atoms with Crippen LogP contribution in [-0.2, 0) is 9.84 Å². The van der Waals surface area contributed by atoms with Gasteiger partial charge in [0.15, 0.2) is 9.84 Å². The van der Waals surface area contributed by atoms with E-state index < -0.39 is 9.84 Å². The van der Waals surface area contributed by atoms with Crippen LogP contribution in [0.1, 0.15) is 24.2 Å². The number of hydrogen-bond acceptors (Lipinski definition) is 3. The van der Waals surface area contributed by atoms with E-state index in [1.807, 2.05) is 35.0 Å². The Labute approximate surface area is 125 Å². The minimum Gasteiger partial charge on any atom is -0.338 e. The van der Waals surface area contributed by atoms with Crippen LogP contribution in [0.4, 0.5) is 0 Å². The van der Waals surface area contributed by atoms with Crippen molar-refractivity contribution in [1.29, 1.82) is 0 Å². The summed E-state index contributed by atoms with van der Waals surface area (Å²) in [5.74, 6) is -0.0889. The van der Waals surface area contributed by atoms with Crippen LogP contribution in [0.2, 0.25) is 0 Å². The Morgan fingerprint density at radius 3 is 2.67 bits per heavy atom. The fourth-order valence-corrected chi connectivity index (χ4v) is 3.42. The molecule has 114 valence electrons.